The van der Waals surface area contributed by atoms with E-state index in [2.05, 4.69) is 4.98 Å². The lowest BCUT2D eigenvalue weighted by Gasteiger charge is -2.34. The first-order valence-corrected chi connectivity index (χ1v) is 8.02. The molecule has 1 saturated heterocycles. The van der Waals surface area contributed by atoms with Crippen LogP contribution in [0.2, 0.25) is 0 Å². The molecule has 23 heavy (non-hydrogen) atoms. The average Bonchev–Trinajstić information content (AvgIpc) is 2.89. The average molecular weight is 322 g/mol. The third-order valence-electron chi connectivity index (χ3n) is 3.79. The van der Waals surface area contributed by atoms with E-state index in [-0.39, 0.29) is 24.5 Å². The quantitative estimate of drug-likeness (QED) is 0.863. The van der Waals surface area contributed by atoms with Gasteiger partial charge in [0.15, 0.2) is 0 Å². The lowest BCUT2D eigenvalue weighted by Crippen LogP contribution is -2.47. The number of aromatic nitrogens is 1. The predicted octanol–water partition coefficient (Wildman–Crippen LogP) is 2.29. The number of rotatable bonds is 4. The summed E-state index contributed by atoms with van der Waals surface area (Å²) in [6, 6.07) is -0.00179. The van der Waals surface area contributed by atoms with Gasteiger partial charge < -0.3 is 19.4 Å². The summed E-state index contributed by atoms with van der Waals surface area (Å²) in [6.07, 6.45) is 4.93. The van der Waals surface area contributed by atoms with Crippen molar-refractivity contribution in [1.82, 2.24) is 9.88 Å². The van der Waals surface area contributed by atoms with E-state index < -0.39 is 5.60 Å². The fourth-order valence-electron chi connectivity index (χ4n) is 2.70. The van der Waals surface area contributed by atoms with Crippen molar-refractivity contribution in [2.24, 2.45) is 0 Å². The number of aryl methyl sites for hydroxylation is 1. The van der Waals surface area contributed by atoms with Gasteiger partial charge in [-0.2, -0.15) is 0 Å². The van der Waals surface area contributed by atoms with Gasteiger partial charge in [-0.3, -0.25) is 9.59 Å². The Morgan fingerprint density at radius 1 is 1.30 bits per heavy atom. The zero-order chi connectivity index (χ0) is 17.0. The third-order valence-corrected chi connectivity index (χ3v) is 3.79. The number of H-pyrrole nitrogens is 1. The molecule has 0 aliphatic carbocycles. The molecule has 1 fully saturated rings. The standard InChI is InChI=1S/C17H26N2O4/c1-12-9-18-10-14(12)16(21)19(13-5-7-22-8-6-13)11-15(20)23-17(2,3)4/h9-10,13,18H,5-8,11H2,1-4H3. The van der Waals surface area contributed by atoms with Gasteiger partial charge in [0, 0.05) is 31.6 Å². The van der Waals surface area contributed by atoms with E-state index in [0.29, 0.717) is 18.8 Å². The molecule has 6 nitrogen and oxygen atoms in total. The zero-order valence-electron chi connectivity index (χ0n) is 14.3. The van der Waals surface area contributed by atoms with Gasteiger partial charge in [0.1, 0.15) is 12.1 Å². The van der Waals surface area contributed by atoms with E-state index in [1.165, 1.54) is 0 Å². The molecule has 1 N–H and O–H groups in total. The first kappa shape index (κ1) is 17.5. The fraction of sp³-hybridized carbons (Fsp3) is 0.647. The van der Waals surface area contributed by atoms with Crippen molar-refractivity contribution in [2.75, 3.05) is 19.8 Å². The molecular formula is C17H26N2O4. The Morgan fingerprint density at radius 2 is 1.96 bits per heavy atom. The number of aromatic amines is 1. The second kappa shape index (κ2) is 7.17. The highest BCUT2D eigenvalue weighted by molar-refractivity contribution is 5.97. The fourth-order valence-corrected chi connectivity index (χ4v) is 2.70. The number of hydrogen-bond acceptors (Lipinski definition) is 4. The Balaban J connectivity index is 2.16. The molecule has 0 spiro atoms. The minimum absolute atomic E-state index is 0.00179. The Kier molecular flexibility index (Phi) is 5.46. The van der Waals surface area contributed by atoms with E-state index in [9.17, 15) is 9.59 Å². The lowest BCUT2D eigenvalue weighted by molar-refractivity contribution is -0.156. The van der Waals surface area contributed by atoms with Crippen molar-refractivity contribution >= 4 is 11.9 Å². The van der Waals surface area contributed by atoms with Gasteiger partial charge in [-0.1, -0.05) is 0 Å². The summed E-state index contributed by atoms with van der Waals surface area (Å²) in [5.41, 5.74) is 0.905. The van der Waals surface area contributed by atoms with Gasteiger partial charge in [-0.05, 0) is 46.1 Å². The summed E-state index contributed by atoms with van der Waals surface area (Å²) in [5.74, 6) is -0.521. The van der Waals surface area contributed by atoms with E-state index in [4.69, 9.17) is 9.47 Å². The summed E-state index contributed by atoms with van der Waals surface area (Å²) in [5, 5.41) is 0. The van der Waals surface area contributed by atoms with E-state index in [1.54, 1.807) is 17.3 Å². The highest BCUT2D eigenvalue weighted by Crippen LogP contribution is 2.20. The summed E-state index contributed by atoms with van der Waals surface area (Å²) >= 11 is 0. The van der Waals surface area contributed by atoms with Crippen molar-refractivity contribution in [1.29, 1.82) is 0 Å². The van der Waals surface area contributed by atoms with Crippen LogP contribution in [0.1, 0.15) is 49.5 Å². The molecule has 0 aromatic carbocycles. The number of ether oxygens (including phenoxy) is 2. The molecule has 1 aliphatic rings. The van der Waals surface area contributed by atoms with Crippen LogP contribution in [-0.2, 0) is 14.3 Å². The monoisotopic (exact) mass is 322 g/mol. The van der Waals surface area contributed by atoms with Gasteiger partial charge in [0.2, 0.25) is 0 Å². The van der Waals surface area contributed by atoms with Crippen LogP contribution in [-0.4, -0.2) is 53.2 Å². The highest BCUT2D eigenvalue weighted by Gasteiger charge is 2.31. The molecular weight excluding hydrogens is 296 g/mol. The third kappa shape index (κ3) is 4.82. The van der Waals surface area contributed by atoms with Crippen LogP contribution in [0.15, 0.2) is 12.4 Å². The summed E-state index contributed by atoms with van der Waals surface area (Å²) < 4.78 is 10.8. The van der Waals surface area contributed by atoms with Gasteiger partial charge in [-0.15, -0.1) is 0 Å². The molecule has 2 rings (SSSR count). The van der Waals surface area contributed by atoms with E-state index >= 15 is 0 Å². The first-order chi connectivity index (χ1) is 10.8. The van der Waals surface area contributed by atoms with Crippen LogP contribution in [0.3, 0.4) is 0 Å². The number of hydrogen-bond donors (Lipinski definition) is 1. The Hall–Kier alpha value is -1.82. The molecule has 6 heteroatoms. The lowest BCUT2D eigenvalue weighted by atomic mass is 10.1. The minimum atomic E-state index is -0.564. The number of amides is 1. The molecule has 1 aromatic heterocycles. The summed E-state index contributed by atoms with van der Waals surface area (Å²) in [4.78, 5) is 29.7. The number of carbonyl (C=O) groups is 2. The van der Waals surface area contributed by atoms with Crippen LogP contribution >= 0.6 is 0 Å². The smallest absolute Gasteiger partial charge is 0.326 e. The van der Waals surface area contributed by atoms with Crippen molar-refractivity contribution in [3.8, 4) is 0 Å². The van der Waals surface area contributed by atoms with Crippen molar-refractivity contribution in [3.63, 3.8) is 0 Å². The maximum atomic E-state index is 12.9. The van der Waals surface area contributed by atoms with E-state index in [0.717, 1.165) is 18.4 Å². The molecule has 1 amide bonds. The molecule has 1 aromatic rings. The maximum Gasteiger partial charge on any atom is 0.326 e. The molecule has 0 saturated carbocycles. The van der Waals surface area contributed by atoms with E-state index in [1.807, 2.05) is 27.7 Å². The number of carbonyl (C=O) groups excluding carboxylic acids is 2. The Morgan fingerprint density at radius 3 is 2.48 bits per heavy atom. The van der Waals surface area contributed by atoms with Crippen LogP contribution in [0.25, 0.3) is 0 Å². The Labute approximate surface area is 137 Å². The topological polar surface area (TPSA) is 71.6 Å². The molecule has 0 radical (unpaired) electrons. The number of esters is 1. The minimum Gasteiger partial charge on any atom is -0.459 e. The maximum absolute atomic E-state index is 12.9. The summed E-state index contributed by atoms with van der Waals surface area (Å²) in [7, 11) is 0. The van der Waals surface area contributed by atoms with Crippen LogP contribution in [0.4, 0.5) is 0 Å². The number of nitrogens with one attached hydrogen (secondary N) is 1. The van der Waals surface area contributed by atoms with Crippen molar-refractivity contribution in [3.05, 3.63) is 23.5 Å². The second-order valence-electron chi connectivity index (χ2n) is 6.92. The van der Waals surface area contributed by atoms with Crippen molar-refractivity contribution < 1.29 is 19.1 Å². The van der Waals surface area contributed by atoms with Gasteiger partial charge in [-0.25, -0.2) is 0 Å². The van der Waals surface area contributed by atoms with Gasteiger partial charge >= 0.3 is 5.97 Å². The molecule has 1 aliphatic heterocycles. The zero-order valence-corrected chi connectivity index (χ0v) is 14.3. The predicted molar refractivity (Wildman–Crippen MR) is 86.3 cm³/mol. The van der Waals surface area contributed by atoms with Crippen molar-refractivity contribution in [2.45, 2.75) is 52.2 Å². The normalized spacial score (nSPS) is 16.2. The molecule has 0 unspecified atom stereocenters. The largest absolute Gasteiger partial charge is 0.459 e. The first-order valence-electron chi connectivity index (χ1n) is 8.02. The molecule has 0 bridgehead atoms. The molecule has 2 heterocycles. The second-order valence-corrected chi connectivity index (χ2v) is 6.92. The van der Waals surface area contributed by atoms with Crippen LogP contribution in [0, 0.1) is 6.92 Å². The molecule has 0 atom stereocenters. The van der Waals surface area contributed by atoms with Crippen LogP contribution in [0.5, 0.6) is 0 Å². The SMILES string of the molecule is Cc1c[nH]cc1C(=O)N(CC(=O)OC(C)(C)C)C1CCOCC1. The summed E-state index contributed by atoms with van der Waals surface area (Å²) in [6.45, 7) is 8.51. The number of nitrogens with zero attached hydrogens (tertiary/aromatic N) is 1. The van der Waals surface area contributed by atoms with Gasteiger partial charge in [0.05, 0.1) is 5.56 Å². The Bertz CT molecular complexity index is 553. The van der Waals surface area contributed by atoms with Gasteiger partial charge in [0.25, 0.3) is 5.91 Å². The molecule has 128 valence electrons. The van der Waals surface area contributed by atoms with Crippen LogP contribution < -0.4 is 0 Å². The highest BCUT2D eigenvalue weighted by atomic mass is 16.6.